The van der Waals surface area contributed by atoms with Crippen LogP contribution in [0.2, 0.25) is 0 Å². The smallest absolute Gasteiger partial charge is 0.0504 e. The van der Waals surface area contributed by atoms with Crippen LogP contribution in [0.3, 0.4) is 0 Å². The normalized spacial score (nSPS) is 17.0. The number of nitrogens with zero attached hydrogens (tertiary/aromatic N) is 1. The van der Waals surface area contributed by atoms with Gasteiger partial charge >= 0.3 is 0 Å². The van der Waals surface area contributed by atoms with Crippen molar-refractivity contribution in [3.05, 3.63) is 28.8 Å². The van der Waals surface area contributed by atoms with E-state index in [0.29, 0.717) is 6.61 Å². The number of aryl methyl sites for hydroxylation is 3. The molecule has 1 aliphatic rings. The SMILES string of the molecule is Cc1cc(C)c(N(C)CC2(CO)CC2)cc1C. The largest absolute Gasteiger partial charge is 0.396 e. The maximum absolute atomic E-state index is 9.39. The van der Waals surface area contributed by atoms with E-state index >= 15 is 0 Å². The molecular weight excluding hydrogens is 210 g/mol. The summed E-state index contributed by atoms with van der Waals surface area (Å²) in [7, 11) is 2.13. The van der Waals surface area contributed by atoms with Crippen molar-refractivity contribution < 1.29 is 5.11 Å². The Labute approximate surface area is 104 Å². The van der Waals surface area contributed by atoms with Gasteiger partial charge in [0.25, 0.3) is 0 Å². The molecule has 2 rings (SSSR count). The van der Waals surface area contributed by atoms with Gasteiger partial charge in [0.2, 0.25) is 0 Å². The lowest BCUT2D eigenvalue weighted by atomic mass is 10.0. The van der Waals surface area contributed by atoms with Crippen LogP contribution in [0.25, 0.3) is 0 Å². The van der Waals surface area contributed by atoms with Crippen LogP contribution in [-0.2, 0) is 0 Å². The molecule has 2 nitrogen and oxygen atoms in total. The second-order valence-corrected chi connectivity index (χ2v) is 5.74. The van der Waals surface area contributed by atoms with Crippen LogP contribution < -0.4 is 4.90 Å². The Balaban J connectivity index is 2.19. The quantitative estimate of drug-likeness (QED) is 0.864. The zero-order chi connectivity index (χ0) is 12.6. The van der Waals surface area contributed by atoms with Gasteiger partial charge in [-0.2, -0.15) is 0 Å². The highest BCUT2D eigenvalue weighted by Gasteiger charge is 2.42. The van der Waals surface area contributed by atoms with Gasteiger partial charge in [-0.1, -0.05) is 6.07 Å². The first-order valence-electron chi connectivity index (χ1n) is 6.37. The van der Waals surface area contributed by atoms with Gasteiger partial charge in [0.05, 0.1) is 6.61 Å². The van der Waals surface area contributed by atoms with E-state index in [4.69, 9.17) is 0 Å². The fourth-order valence-electron chi connectivity index (χ4n) is 2.49. The molecule has 1 aromatic rings. The summed E-state index contributed by atoms with van der Waals surface area (Å²) in [6, 6.07) is 4.51. The van der Waals surface area contributed by atoms with E-state index in [0.717, 1.165) is 19.4 Å². The van der Waals surface area contributed by atoms with Crippen molar-refractivity contribution in [1.82, 2.24) is 0 Å². The predicted molar refractivity (Wildman–Crippen MR) is 72.7 cm³/mol. The standard InChI is InChI=1S/C15H23NO/c1-11-7-13(3)14(8-12(11)2)16(4)9-15(10-17)5-6-15/h7-8,17H,5-6,9-10H2,1-4H3. The van der Waals surface area contributed by atoms with E-state index in [9.17, 15) is 5.11 Å². The molecule has 1 fully saturated rings. The molecule has 1 saturated carbocycles. The molecule has 1 N–H and O–H groups in total. The van der Waals surface area contributed by atoms with Gasteiger partial charge in [-0.3, -0.25) is 0 Å². The highest BCUT2D eigenvalue weighted by atomic mass is 16.3. The van der Waals surface area contributed by atoms with E-state index in [-0.39, 0.29) is 5.41 Å². The zero-order valence-electron chi connectivity index (χ0n) is 11.4. The second-order valence-electron chi connectivity index (χ2n) is 5.74. The topological polar surface area (TPSA) is 23.5 Å². The molecule has 1 aliphatic carbocycles. The van der Waals surface area contributed by atoms with Crippen LogP contribution in [0.1, 0.15) is 29.5 Å². The molecule has 94 valence electrons. The van der Waals surface area contributed by atoms with Crippen molar-refractivity contribution in [2.75, 3.05) is 25.1 Å². The Bertz CT molecular complexity index is 421. The number of anilines is 1. The van der Waals surface area contributed by atoms with Crippen LogP contribution >= 0.6 is 0 Å². The molecule has 0 bridgehead atoms. The third-order valence-electron chi connectivity index (χ3n) is 4.09. The molecule has 0 radical (unpaired) electrons. The number of rotatable bonds is 4. The van der Waals surface area contributed by atoms with Crippen molar-refractivity contribution in [3.8, 4) is 0 Å². The molecule has 0 saturated heterocycles. The summed E-state index contributed by atoms with van der Waals surface area (Å²) < 4.78 is 0. The van der Waals surface area contributed by atoms with Gasteiger partial charge in [0.1, 0.15) is 0 Å². The van der Waals surface area contributed by atoms with Crippen LogP contribution in [0.4, 0.5) is 5.69 Å². The molecular formula is C15H23NO. The number of aliphatic hydroxyl groups excluding tert-OH is 1. The molecule has 2 heteroatoms. The van der Waals surface area contributed by atoms with E-state index in [1.807, 2.05) is 0 Å². The van der Waals surface area contributed by atoms with Crippen LogP contribution in [-0.4, -0.2) is 25.3 Å². The van der Waals surface area contributed by atoms with Crippen LogP contribution in [0, 0.1) is 26.2 Å². The Morgan fingerprint density at radius 1 is 1.12 bits per heavy atom. The average molecular weight is 233 g/mol. The molecule has 0 atom stereocenters. The highest BCUT2D eigenvalue weighted by Crippen LogP contribution is 2.46. The Morgan fingerprint density at radius 2 is 1.71 bits per heavy atom. The molecule has 1 aromatic carbocycles. The molecule has 0 heterocycles. The summed E-state index contributed by atoms with van der Waals surface area (Å²) in [4.78, 5) is 2.30. The van der Waals surface area contributed by atoms with Gasteiger partial charge in [-0.05, 0) is 56.4 Å². The Morgan fingerprint density at radius 3 is 2.24 bits per heavy atom. The average Bonchev–Trinajstić information content (AvgIpc) is 3.04. The highest BCUT2D eigenvalue weighted by molar-refractivity contribution is 5.56. The van der Waals surface area contributed by atoms with Gasteiger partial charge in [0.15, 0.2) is 0 Å². The third-order valence-corrected chi connectivity index (χ3v) is 4.09. The summed E-state index contributed by atoms with van der Waals surface area (Å²) in [6.07, 6.45) is 2.33. The molecule has 0 amide bonds. The summed E-state index contributed by atoms with van der Waals surface area (Å²) in [5.41, 5.74) is 5.49. The predicted octanol–water partition coefficient (Wildman–Crippen LogP) is 2.82. The van der Waals surface area contributed by atoms with Crippen molar-refractivity contribution in [2.45, 2.75) is 33.6 Å². The van der Waals surface area contributed by atoms with Gasteiger partial charge in [0, 0.05) is 24.7 Å². The van der Waals surface area contributed by atoms with E-state index < -0.39 is 0 Å². The van der Waals surface area contributed by atoms with E-state index in [1.165, 1.54) is 22.4 Å². The molecule has 0 aliphatic heterocycles. The van der Waals surface area contributed by atoms with Gasteiger partial charge in [-0.25, -0.2) is 0 Å². The van der Waals surface area contributed by atoms with Crippen molar-refractivity contribution in [3.63, 3.8) is 0 Å². The van der Waals surface area contributed by atoms with Crippen LogP contribution in [0.5, 0.6) is 0 Å². The Kier molecular flexibility index (Phi) is 3.17. The fourth-order valence-corrected chi connectivity index (χ4v) is 2.49. The first-order valence-corrected chi connectivity index (χ1v) is 6.37. The summed E-state index contributed by atoms with van der Waals surface area (Å²) in [5.74, 6) is 0. The lowest BCUT2D eigenvalue weighted by Crippen LogP contribution is -2.29. The minimum Gasteiger partial charge on any atom is -0.396 e. The third kappa shape index (κ3) is 2.47. The van der Waals surface area contributed by atoms with E-state index in [2.05, 4.69) is 44.9 Å². The van der Waals surface area contributed by atoms with Gasteiger partial charge < -0.3 is 10.0 Å². The number of aliphatic hydroxyl groups is 1. The molecule has 0 aromatic heterocycles. The van der Waals surface area contributed by atoms with E-state index in [1.54, 1.807) is 0 Å². The van der Waals surface area contributed by atoms with Crippen molar-refractivity contribution >= 4 is 5.69 Å². The number of benzene rings is 1. The summed E-state index contributed by atoms with van der Waals surface area (Å²) in [5, 5.41) is 9.39. The minimum absolute atomic E-state index is 0.181. The lowest BCUT2D eigenvalue weighted by molar-refractivity contribution is 0.215. The first-order chi connectivity index (χ1) is 7.97. The van der Waals surface area contributed by atoms with Gasteiger partial charge in [-0.15, -0.1) is 0 Å². The van der Waals surface area contributed by atoms with Crippen molar-refractivity contribution in [2.24, 2.45) is 5.41 Å². The zero-order valence-corrected chi connectivity index (χ0v) is 11.4. The summed E-state index contributed by atoms with van der Waals surface area (Å²) in [6.45, 7) is 7.76. The van der Waals surface area contributed by atoms with Crippen molar-refractivity contribution in [1.29, 1.82) is 0 Å². The molecule has 0 unspecified atom stereocenters. The molecule has 0 spiro atoms. The maximum Gasteiger partial charge on any atom is 0.0504 e. The van der Waals surface area contributed by atoms with Crippen LogP contribution in [0.15, 0.2) is 12.1 Å². The minimum atomic E-state index is 0.181. The molecule has 17 heavy (non-hydrogen) atoms. The summed E-state index contributed by atoms with van der Waals surface area (Å²) >= 11 is 0. The monoisotopic (exact) mass is 233 g/mol. The fraction of sp³-hybridized carbons (Fsp3) is 0.600. The maximum atomic E-state index is 9.39. The number of hydrogen-bond acceptors (Lipinski definition) is 2. The lowest BCUT2D eigenvalue weighted by Gasteiger charge is -2.26. The number of hydrogen-bond donors (Lipinski definition) is 1. The Hall–Kier alpha value is -1.02. The first kappa shape index (κ1) is 12.4. The second kappa shape index (κ2) is 4.34.